The second-order valence-corrected chi connectivity index (χ2v) is 11.9. The zero-order valence-corrected chi connectivity index (χ0v) is 23.8. The summed E-state index contributed by atoms with van der Waals surface area (Å²) in [6.07, 6.45) is 3.34. The number of nitrogens with one attached hydrogen (secondary N) is 3. The first-order chi connectivity index (χ1) is 18.0. The monoisotopic (exact) mass is 521 g/mol. The molecular formula is C32H47N3O3. The molecule has 6 nitrogen and oxygen atoms in total. The van der Waals surface area contributed by atoms with Gasteiger partial charge >= 0.3 is 0 Å². The van der Waals surface area contributed by atoms with Gasteiger partial charge in [-0.05, 0) is 68.1 Å². The number of rotatable bonds is 12. The molecule has 1 fully saturated rings. The third-order valence-electron chi connectivity index (χ3n) is 7.95. The quantitative estimate of drug-likeness (QED) is 0.326. The highest BCUT2D eigenvalue weighted by Gasteiger charge is 2.37. The van der Waals surface area contributed by atoms with E-state index in [1.54, 1.807) is 6.92 Å². The lowest BCUT2D eigenvalue weighted by Crippen LogP contribution is -2.53. The van der Waals surface area contributed by atoms with Crippen molar-refractivity contribution < 1.29 is 14.7 Å². The number of hydrogen-bond donors (Lipinski definition) is 4. The van der Waals surface area contributed by atoms with Gasteiger partial charge in [0.2, 0.25) is 11.8 Å². The highest BCUT2D eigenvalue weighted by molar-refractivity contribution is 5.79. The molecule has 4 atom stereocenters. The molecule has 0 radical (unpaired) electrons. The van der Waals surface area contributed by atoms with Crippen molar-refractivity contribution in [3.8, 4) is 0 Å². The minimum Gasteiger partial charge on any atom is -0.390 e. The Hall–Kier alpha value is -2.70. The van der Waals surface area contributed by atoms with Crippen molar-refractivity contribution in [1.29, 1.82) is 0 Å². The Labute approximate surface area is 229 Å². The highest BCUT2D eigenvalue weighted by Crippen LogP contribution is 2.36. The molecule has 0 bridgehead atoms. The summed E-state index contributed by atoms with van der Waals surface area (Å²) >= 11 is 0. The van der Waals surface area contributed by atoms with Gasteiger partial charge in [-0.25, -0.2) is 0 Å². The van der Waals surface area contributed by atoms with Crippen molar-refractivity contribution in [1.82, 2.24) is 16.0 Å². The van der Waals surface area contributed by atoms with Crippen molar-refractivity contribution in [2.45, 2.75) is 96.9 Å². The number of amides is 2. The van der Waals surface area contributed by atoms with Gasteiger partial charge in [-0.2, -0.15) is 0 Å². The minimum atomic E-state index is -0.734. The molecule has 208 valence electrons. The molecule has 2 aromatic carbocycles. The molecule has 0 heterocycles. The van der Waals surface area contributed by atoms with E-state index in [4.69, 9.17) is 0 Å². The molecule has 1 aliphatic carbocycles. The Morgan fingerprint density at radius 1 is 1.03 bits per heavy atom. The molecule has 0 spiro atoms. The van der Waals surface area contributed by atoms with Crippen molar-refractivity contribution in [2.24, 2.45) is 11.8 Å². The van der Waals surface area contributed by atoms with Crippen LogP contribution in [-0.2, 0) is 22.6 Å². The number of benzene rings is 2. The summed E-state index contributed by atoms with van der Waals surface area (Å²) in [6, 6.07) is 18.1. The van der Waals surface area contributed by atoms with E-state index in [-0.39, 0.29) is 29.2 Å². The Morgan fingerprint density at radius 2 is 1.74 bits per heavy atom. The van der Waals surface area contributed by atoms with Crippen molar-refractivity contribution in [3.63, 3.8) is 0 Å². The first-order valence-corrected chi connectivity index (χ1v) is 14.2. The van der Waals surface area contributed by atoms with Gasteiger partial charge < -0.3 is 21.1 Å². The van der Waals surface area contributed by atoms with Crippen LogP contribution in [0.2, 0.25) is 0 Å². The predicted octanol–water partition coefficient (Wildman–Crippen LogP) is 4.71. The van der Waals surface area contributed by atoms with Gasteiger partial charge in [0, 0.05) is 31.5 Å². The van der Waals surface area contributed by atoms with Crippen LogP contribution in [0.25, 0.3) is 0 Å². The summed E-state index contributed by atoms with van der Waals surface area (Å²) in [6.45, 7) is 11.0. The third-order valence-corrected chi connectivity index (χ3v) is 7.95. The fourth-order valence-electron chi connectivity index (χ4n) is 5.66. The highest BCUT2D eigenvalue weighted by atomic mass is 16.3. The van der Waals surface area contributed by atoms with Crippen LogP contribution in [-0.4, -0.2) is 41.2 Å². The molecular weight excluding hydrogens is 474 g/mol. The number of carbonyl (C=O) groups is 2. The lowest BCUT2D eigenvalue weighted by Gasteiger charge is -2.40. The summed E-state index contributed by atoms with van der Waals surface area (Å²) in [4.78, 5) is 25.2. The molecule has 4 N–H and O–H groups in total. The maximum atomic E-state index is 13.5. The van der Waals surface area contributed by atoms with Crippen molar-refractivity contribution in [3.05, 3.63) is 71.3 Å². The first kappa shape index (κ1) is 29.9. The molecule has 1 unspecified atom stereocenters. The molecule has 2 aromatic rings. The van der Waals surface area contributed by atoms with Crippen LogP contribution in [0.3, 0.4) is 0 Å². The van der Waals surface area contributed by atoms with Gasteiger partial charge in [-0.1, -0.05) is 74.9 Å². The van der Waals surface area contributed by atoms with E-state index in [1.807, 2.05) is 44.2 Å². The maximum absolute atomic E-state index is 13.5. The van der Waals surface area contributed by atoms with Crippen LogP contribution in [0.15, 0.2) is 54.6 Å². The zero-order chi connectivity index (χ0) is 27.7. The van der Waals surface area contributed by atoms with Crippen LogP contribution in [0.5, 0.6) is 0 Å². The van der Waals surface area contributed by atoms with E-state index < -0.39 is 12.1 Å². The predicted molar refractivity (Wildman–Crippen MR) is 154 cm³/mol. The largest absolute Gasteiger partial charge is 0.390 e. The average molecular weight is 522 g/mol. The summed E-state index contributed by atoms with van der Waals surface area (Å²) in [5, 5.41) is 20.9. The van der Waals surface area contributed by atoms with Gasteiger partial charge in [0.1, 0.15) is 0 Å². The smallest absolute Gasteiger partial charge is 0.223 e. The molecule has 2 amide bonds. The van der Waals surface area contributed by atoms with Gasteiger partial charge in [0.05, 0.1) is 12.1 Å². The second kappa shape index (κ2) is 13.9. The molecule has 6 heteroatoms. The zero-order valence-electron chi connectivity index (χ0n) is 23.8. The molecule has 38 heavy (non-hydrogen) atoms. The molecule has 0 saturated heterocycles. The second-order valence-electron chi connectivity index (χ2n) is 11.9. The van der Waals surface area contributed by atoms with Gasteiger partial charge in [-0.3, -0.25) is 9.59 Å². The molecule has 0 aliphatic heterocycles. The number of carbonyl (C=O) groups excluding carboxylic acids is 2. The topological polar surface area (TPSA) is 90.5 Å². The number of hydrogen-bond acceptors (Lipinski definition) is 4. The van der Waals surface area contributed by atoms with E-state index in [9.17, 15) is 14.7 Å². The van der Waals surface area contributed by atoms with Crippen LogP contribution in [0.4, 0.5) is 0 Å². The minimum absolute atomic E-state index is 0.00191. The normalized spacial score (nSPS) is 19.6. The first-order valence-electron chi connectivity index (χ1n) is 14.2. The number of aliphatic hydroxyl groups is 1. The molecule has 3 rings (SSSR count). The Kier molecular flexibility index (Phi) is 10.9. The van der Waals surface area contributed by atoms with E-state index >= 15 is 0 Å². The summed E-state index contributed by atoms with van der Waals surface area (Å²) in [7, 11) is 0. The maximum Gasteiger partial charge on any atom is 0.223 e. The summed E-state index contributed by atoms with van der Waals surface area (Å²) < 4.78 is 0. The summed E-state index contributed by atoms with van der Waals surface area (Å²) in [5.74, 6) is 0.527. The Balaban J connectivity index is 1.64. The SMILES string of the molecule is CC(=O)NC(C)(C)[C@H]1CCC[C@@H](C(=O)NC(Cc2ccccc2)[C@H](O)CNCc2cccc(C(C)C)c2)C1. The number of aliphatic hydroxyl groups excluding tert-OH is 1. The van der Waals surface area contributed by atoms with E-state index in [0.29, 0.717) is 25.4 Å². The van der Waals surface area contributed by atoms with E-state index in [2.05, 4.69) is 54.1 Å². The van der Waals surface area contributed by atoms with Crippen molar-refractivity contribution in [2.75, 3.05) is 6.54 Å². The third kappa shape index (κ3) is 8.95. The molecule has 1 saturated carbocycles. The van der Waals surface area contributed by atoms with Gasteiger partial charge in [0.15, 0.2) is 0 Å². The Bertz CT molecular complexity index is 1040. The van der Waals surface area contributed by atoms with Crippen LogP contribution in [0, 0.1) is 11.8 Å². The standard InChI is InChI=1S/C32H47N3O3/c1-22(2)26-14-9-13-25(17-26)20-33-21-30(37)29(18-24-11-7-6-8-12-24)34-31(38)27-15-10-16-28(19-27)32(4,5)35-23(3)36/h6-9,11-14,17,22,27-30,33,37H,10,15-16,18-21H2,1-5H3,(H,34,38)(H,35,36)/t27-,28+,29?,30-/m1/s1. The lowest BCUT2D eigenvalue weighted by atomic mass is 9.72. The van der Waals surface area contributed by atoms with Crippen LogP contribution in [0.1, 0.15) is 82.9 Å². The molecule has 1 aliphatic rings. The Morgan fingerprint density at radius 3 is 2.42 bits per heavy atom. The van der Waals surface area contributed by atoms with Crippen molar-refractivity contribution >= 4 is 11.8 Å². The van der Waals surface area contributed by atoms with Crippen LogP contribution < -0.4 is 16.0 Å². The fraction of sp³-hybridized carbons (Fsp3) is 0.562. The van der Waals surface area contributed by atoms with E-state index in [0.717, 1.165) is 31.2 Å². The molecule has 0 aromatic heterocycles. The van der Waals surface area contributed by atoms with Gasteiger partial charge in [-0.15, -0.1) is 0 Å². The van der Waals surface area contributed by atoms with Crippen LogP contribution >= 0.6 is 0 Å². The summed E-state index contributed by atoms with van der Waals surface area (Å²) in [5.41, 5.74) is 3.20. The van der Waals surface area contributed by atoms with E-state index in [1.165, 1.54) is 11.1 Å². The van der Waals surface area contributed by atoms with Gasteiger partial charge in [0.25, 0.3) is 0 Å². The average Bonchev–Trinajstić information content (AvgIpc) is 2.88. The lowest BCUT2D eigenvalue weighted by molar-refractivity contribution is -0.128. The fourth-order valence-corrected chi connectivity index (χ4v) is 5.66.